The molecule has 1 aromatic carbocycles. The first kappa shape index (κ1) is 22.6. The number of benzene rings is 1. The molecule has 182 valence electrons. The van der Waals surface area contributed by atoms with Gasteiger partial charge < -0.3 is 9.64 Å². The van der Waals surface area contributed by atoms with Gasteiger partial charge in [0.25, 0.3) is 0 Å². The molecule has 1 unspecified atom stereocenters. The topological polar surface area (TPSA) is 29.5 Å². The molecule has 0 heterocycles. The highest BCUT2D eigenvalue weighted by Crippen LogP contribution is 2.77. The van der Waals surface area contributed by atoms with Crippen molar-refractivity contribution in [3.63, 3.8) is 0 Å². The quantitative estimate of drug-likeness (QED) is 0.483. The van der Waals surface area contributed by atoms with Crippen LogP contribution in [0, 0.1) is 23.2 Å². The minimum Gasteiger partial charge on any atom is -0.378 e. The Morgan fingerprint density at radius 1 is 1.12 bits per heavy atom. The van der Waals surface area contributed by atoms with E-state index in [0.29, 0.717) is 36.1 Å². The van der Waals surface area contributed by atoms with E-state index in [0.717, 1.165) is 25.2 Å². The third-order valence-corrected chi connectivity index (χ3v) is 10.5. The summed E-state index contributed by atoms with van der Waals surface area (Å²) in [6.07, 6.45) is 11.1. The maximum absolute atomic E-state index is 12.3. The first-order valence-electron chi connectivity index (χ1n) is 13.7. The van der Waals surface area contributed by atoms with E-state index in [1.165, 1.54) is 42.5 Å². The van der Waals surface area contributed by atoms with Gasteiger partial charge in [-0.2, -0.15) is 0 Å². The smallest absolute Gasteiger partial charge is 0.156 e. The molecule has 0 N–H and O–H groups in total. The zero-order valence-corrected chi connectivity index (χ0v) is 21.7. The van der Waals surface area contributed by atoms with Crippen LogP contribution in [0.2, 0.25) is 0 Å². The van der Waals surface area contributed by atoms with Crippen LogP contribution >= 0.6 is 0 Å². The van der Waals surface area contributed by atoms with Crippen molar-refractivity contribution in [2.24, 2.45) is 23.2 Å². The van der Waals surface area contributed by atoms with Gasteiger partial charge in [0.05, 0.1) is 11.7 Å². The number of ether oxygens (including phenoxy) is 1. The van der Waals surface area contributed by atoms with Crippen LogP contribution in [0.1, 0.15) is 83.6 Å². The normalized spacial score (nSPS) is 39.0. The highest BCUT2D eigenvalue weighted by atomic mass is 16.5. The third-order valence-electron chi connectivity index (χ3n) is 10.5. The van der Waals surface area contributed by atoms with Gasteiger partial charge in [-0.25, -0.2) is 0 Å². The van der Waals surface area contributed by atoms with E-state index in [-0.39, 0.29) is 11.0 Å². The maximum Gasteiger partial charge on any atom is 0.156 e. The lowest BCUT2D eigenvalue weighted by atomic mass is 9.51. The van der Waals surface area contributed by atoms with Crippen LogP contribution in [0.15, 0.2) is 47.1 Å². The van der Waals surface area contributed by atoms with Crippen molar-refractivity contribution in [3.05, 3.63) is 52.6 Å². The molecule has 0 bridgehead atoms. The lowest BCUT2D eigenvalue weighted by Crippen LogP contribution is -2.49. The Morgan fingerprint density at radius 3 is 2.59 bits per heavy atom. The lowest BCUT2D eigenvalue weighted by molar-refractivity contribution is -0.118. The summed E-state index contributed by atoms with van der Waals surface area (Å²) in [4.78, 5) is 14.4. The molecular formula is C31H41NO2. The van der Waals surface area contributed by atoms with Crippen LogP contribution in [0.3, 0.4) is 0 Å². The highest BCUT2D eigenvalue weighted by molar-refractivity contribution is 5.93. The summed E-state index contributed by atoms with van der Waals surface area (Å²) in [5.41, 5.74) is 7.64. The van der Waals surface area contributed by atoms with Gasteiger partial charge in [-0.1, -0.05) is 31.6 Å². The molecule has 5 aliphatic carbocycles. The molecular weight excluding hydrogens is 418 g/mol. The van der Waals surface area contributed by atoms with Crippen molar-refractivity contribution in [2.45, 2.75) is 89.8 Å². The Morgan fingerprint density at radius 2 is 1.88 bits per heavy atom. The first-order valence-corrected chi connectivity index (χ1v) is 13.7. The molecule has 0 aromatic heterocycles. The number of carbonyl (C=O) groups is 1. The molecule has 0 spiro atoms. The summed E-state index contributed by atoms with van der Waals surface area (Å²) in [5, 5.41) is 0. The second kappa shape index (κ2) is 7.82. The molecule has 34 heavy (non-hydrogen) atoms. The molecule has 7 atom stereocenters. The maximum atomic E-state index is 12.3. The predicted molar refractivity (Wildman–Crippen MR) is 138 cm³/mol. The highest BCUT2D eigenvalue weighted by Gasteiger charge is 2.76. The van der Waals surface area contributed by atoms with Crippen molar-refractivity contribution in [2.75, 3.05) is 19.0 Å². The minimum atomic E-state index is 0.0871. The Balaban J connectivity index is 1.46. The fraction of sp³-hybridized carbons (Fsp3) is 0.645. The molecule has 3 heteroatoms. The second-order valence-corrected chi connectivity index (χ2v) is 12.3. The fourth-order valence-electron chi connectivity index (χ4n) is 8.54. The van der Waals surface area contributed by atoms with E-state index >= 15 is 0 Å². The zero-order chi connectivity index (χ0) is 23.8. The number of anilines is 1. The van der Waals surface area contributed by atoms with Crippen molar-refractivity contribution in [1.29, 1.82) is 0 Å². The van der Waals surface area contributed by atoms with Gasteiger partial charge in [-0.15, -0.1) is 0 Å². The van der Waals surface area contributed by atoms with Gasteiger partial charge in [0.15, 0.2) is 5.78 Å². The monoisotopic (exact) mass is 459 g/mol. The average molecular weight is 460 g/mol. The number of allylic oxidation sites excluding steroid dienone is 4. The van der Waals surface area contributed by atoms with E-state index in [1.807, 2.05) is 6.08 Å². The minimum absolute atomic E-state index is 0.0871. The number of carbonyl (C=O) groups excluding carboxylic acids is 1. The molecule has 1 aromatic rings. The van der Waals surface area contributed by atoms with Crippen molar-refractivity contribution < 1.29 is 9.53 Å². The first-order chi connectivity index (χ1) is 16.3. The summed E-state index contributed by atoms with van der Waals surface area (Å²) < 4.78 is 6.95. The number of ketones is 1. The number of rotatable bonds is 5. The molecule has 6 rings (SSSR count). The summed E-state index contributed by atoms with van der Waals surface area (Å²) in [6.45, 7) is 7.11. The van der Waals surface area contributed by atoms with Crippen molar-refractivity contribution in [3.8, 4) is 0 Å². The van der Waals surface area contributed by atoms with Crippen molar-refractivity contribution in [1.82, 2.24) is 0 Å². The number of nitrogens with zero attached hydrogens (tertiary/aromatic N) is 1. The molecule has 5 aliphatic rings. The Kier molecular flexibility index (Phi) is 5.19. The largest absolute Gasteiger partial charge is 0.378 e. The van der Waals surface area contributed by atoms with Crippen LogP contribution in [-0.4, -0.2) is 31.6 Å². The zero-order valence-electron chi connectivity index (χ0n) is 21.7. The van der Waals surface area contributed by atoms with E-state index in [2.05, 4.69) is 64.0 Å². The third kappa shape index (κ3) is 3.15. The van der Waals surface area contributed by atoms with Crippen LogP contribution in [-0.2, 0) is 9.53 Å². The van der Waals surface area contributed by atoms with Gasteiger partial charge in [0, 0.05) is 37.5 Å². The van der Waals surface area contributed by atoms with E-state index < -0.39 is 0 Å². The Bertz CT molecular complexity index is 1070. The summed E-state index contributed by atoms with van der Waals surface area (Å²) in [7, 11) is 4.22. The van der Waals surface area contributed by atoms with Crippen molar-refractivity contribution >= 4 is 11.5 Å². The number of fused-ring (bicyclic) bond motifs is 6. The van der Waals surface area contributed by atoms with Gasteiger partial charge >= 0.3 is 0 Å². The number of hydrogen-bond donors (Lipinski definition) is 0. The van der Waals surface area contributed by atoms with Gasteiger partial charge in [0.2, 0.25) is 0 Å². The average Bonchev–Trinajstić information content (AvgIpc) is 3.47. The molecule has 0 amide bonds. The molecule has 0 saturated heterocycles. The summed E-state index contributed by atoms with van der Waals surface area (Å²) in [6, 6.07) is 9.32. The molecule has 3 fully saturated rings. The Labute approximate surface area is 205 Å². The Hall–Kier alpha value is -1.87. The van der Waals surface area contributed by atoms with Gasteiger partial charge in [0.1, 0.15) is 0 Å². The summed E-state index contributed by atoms with van der Waals surface area (Å²) >= 11 is 0. The summed E-state index contributed by atoms with van der Waals surface area (Å²) in [5.74, 6) is 2.86. The van der Waals surface area contributed by atoms with E-state index in [9.17, 15) is 4.79 Å². The van der Waals surface area contributed by atoms with Gasteiger partial charge in [-0.05, 0) is 105 Å². The molecule has 3 saturated carbocycles. The van der Waals surface area contributed by atoms with E-state index in [4.69, 9.17) is 4.74 Å². The fourth-order valence-corrected chi connectivity index (χ4v) is 8.54. The van der Waals surface area contributed by atoms with Crippen LogP contribution in [0.4, 0.5) is 5.69 Å². The van der Waals surface area contributed by atoms with Gasteiger partial charge in [-0.3, -0.25) is 4.79 Å². The SMILES string of the molecule is CCC(C)O[C@@]12C[C@@H]1C[C@H]1[C@@H]3CCC4=CC(=O)CCC4=C3[C@@H](c3ccc(N(C)C)cc3)C[C@@]12C. The standard InChI is InChI=1S/C31H41NO2/c1-6-19(2)34-31-17-22(31)16-28-26-13-9-21-15-24(33)12-14-25(21)29(26)27(18-30(28,31)3)20-7-10-23(11-8-20)32(4)5/h7-8,10-11,15,19,22,26-28H,6,9,12-14,16-18H2,1-5H3/t19?,22-,26-,27+,28-,30-,31-/m0/s1. The van der Waals surface area contributed by atoms with Crippen LogP contribution in [0.25, 0.3) is 0 Å². The predicted octanol–water partition coefficient (Wildman–Crippen LogP) is 6.84. The lowest BCUT2D eigenvalue weighted by Gasteiger charge is -2.54. The number of hydrogen-bond acceptors (Lipinski definition) is 3. The second-order valence-electron chi connectivity index (χ2n) is 12.3. The van der Waals surface area contributed by atoms with Crippen LogP contribution < -0.4 is 4.90 Å². The van der Waals surface area contributed by atoms with E-state index in [1.54, 1.807) is 11.1 Å². The molecule has 3 nitrogen and oxygen atoms in total. The molecule has 0 aliphatic heterocycles. The molecule has 0 radical (unpaired) electrons. The van der Waals surface area contributed by atoms with Crippen LogP contribution in [0.5, 0.6) is 0 Å².